The lowest BCUT2D eigenvalue weighted by molar-refractivity contribution is 0.0976. The fourth-order valence-electron chi connectivity index (χ4n) is 3.12. The van der Waals surface area contributed by atoms with Crippen LogP contribution in [-0.2, 0) is 12.8 Å². The number of carbonyl (C=O) groups is 2. The standard InChI is InChI=1S/C19H19BrN2O2S2/c1-10-3-8-14-15(9-10)26-18(16(14)11(2)23)22-19(25)21-17(24)12-4-6-13(20)7-5-12/h4-7,10H,3,8-9H2,1-2H3,(H2,21,22,24,25). The zero-order chi connectivity index (χ0) is 18.8. The third kappa shape index (κ3) is 4.22. The van der Waals surface area contributed by atoms with E-state index in [2.05, 4.69) is 33.5 Å². The second-order valence-electron chi connectivity index (χ2n) is 6.53. The molecule has 1 amide bonds. The molecule has 1 aromatic heterocycles. The summed E-state index contributed by atoms with van der Waals surface area (Å²) >= 11 is 10.2. The number of hydrogen-bond acceptors (Lipinski definition) is 4. The van der Waals surface area contributed by atoms with E-state index in [0.29, 0.717) is 11.5 Å². The number of carbonyl (C=O) groups excluding carboxylic acids is 2. The summed E-state index contributed by atoms with van der Waals surface area (Å²) in [6, 6.07) is 7.03. The Balaban J connectivity index is 1.76. The highest BCUT2D eigenvalue weighted by atomic mass is 79.9. The maximum Gasteiger partial charge on any atom is 0.257 e. The van der Waals surface area contributed by atoms with Crippen molar-refractivity contribution in [3.8, 4) is 0 Å². The molecule has 1 atom stereocenters. The average Bonchev–Trinajstić information content (AvgIpc) is 2.91. The Morgan fingerprint density at radius 2 is 1.96 bits per heavy atom. The smallest absolute Gasteiger partial charge is 0.257 e. The molecule has 1 aliphatic carbocycles. The Labute approximate surface area is 170 Å². The van der Waals surface area contributed by atoms with Gasteiger partial charge in [-0.3, -0.25) is 14.9 Å². The predicted molar refractivity (Wildman–Crippen MR) is 113 cm³/mol. The lowest BCUT2D eigenvalue weighted by Crippen LogP contribution is -2.34. The first-order valence-electron chi connectivity index (χ1n) is 8.38. The van der Waals surface area contributed by atoms with Gasteiger partial charge in [0.05, 0.1) is 5.56 Å². The van der Waals surface area contributed by atoms with Crippen LogP contribution in [0.2, 0.25) is 0 Å². The molecular weight excluding hydrogens is 432 g/mol. The summed E-state index contributed by atoms with van der Waals surface area (Å²) < 4.78 is 0.902. The van der Waals surface area contributed by atoms with E-state index in [-0.39, 0.29) is 16.8 Å². The molecule has 0 saturated heterocycles. The van der Waals surface area contributed by atoms with Crippen molar-refractivity contribution in [2.45, 2.75) is 33.1 Å². The number of halogens is 1. The Kier molecular flexibility index (Phi) is 5.89. The number of Topliss-reactive ketones (excluding diaryl/α,β-unsaturated/α-hetero) is 1. The number of rotatable bonds is 3. The van der Waals surface area contributed by atoms with Gasteiger partial charge in [0.25, 0.3) is 5.91 Å². The number of hydrogen-bond donors (Lipinski definition) is 2. The number of amides is 1. The van der Waals surface area contributed by atoms with Gasteiger partial charge in [-0.2, -0.15) is 0 Å². The molecular formula is C19H19BrN2O2S2. The molecule has 2 aromatic rings. The van der Waals surface area contributed by atoms with Crippen LogP contribution in [-0.4, -0.2) is 16.8 Å². The van der Waals surface area contributed by atoms with Crippen molar-refractivity contribution in [3.63, 3.8) is 0 Å². The van der Waals surface area contributed by atoms with Crippen molar-refractivity contribution in [1.82, 2.24) is 5.32 Å². The van der Waals surface area contributed by atoms with Crippen LogP contribution in [0.1, 0.15) is 51.4 Å². The Morgan fingerprint density at radius 1 is 1.27 bits per heavy atom. The summed E-state index contributed by atoms with van der Waals surface area (Å²) in [7, 11) is 0. The van der Waals surface area contributed by atoms with Crippen LogP contribution in [0.15, 0.2) is 28.7 Å². The first-order valence-corrected chi connectivity index (χ1v) is 10.4. The normalized spacial score (nSPS) is 15.9. The summed E-state index contributed by atoms with van der Waals surface area (Å²) in [6.07, 6.45) is 3.00. The van der Waals surface area contributed by atoms with Crippen molar-refractivity contribution in [2.24, 2.45) is 5.92 Å². The summed E-state index contributed by atoms with van der Waals surface area (Å²) in [5, 5.41) is 6.68. The number of fused-ring (bicyclic) bond motifs is 1. The number of benzene rings is 1. The first kappa shape index (κ1) is 19.2. The molecule has 0 aliphatic heterocycles. The van der Waals surface area contributed by atoms with E-state index in [1.807, 2.05) is 0 Å². The van der Waals surface area contributed by atoms with Crippen LogP contribution in [0, 0.1) is 5.92 Å². The molecule has 1 unspecified atom stereocenters. The van der Waals surface area contributed by atoms with Crippen LogP contribution in [0.25, 0.3) is 0 Å². The fraction of sp³-hybridized carbons (Fsp3) is 0.316. The second-order valence-corrected chi connectivity index (χ2v) is 8.96. The van der Waals surface area contributed by atoms with Gasteiger partial charge in [0.15, 0.2) is 10.9 Å². The van der Waals surface area contributed by atoms with Gasteiger partial charge in [-0.15, -0.1) is 11.3 Å². The van der Waals surface area contributed by atoms with Gasteiger partial charge in [0.1, 0.15) is 5.00 Å². The van der Waals surface area contributed by atoms with Gasteiger partial charge in [0.2, 0.25) is 0 Å². The van der Waals surface area contributed by atoms with Gasteiger partial charge < -0.3 is 5.32 Å². The number of thiocarbonyl (C=S) groups is 1. The van der Waals surface area contributed by atoms with Crippen molar-refractivity contribution < 1.29 is 9.59 Å². The molecule has 1 aliphatic rings. The zero-order valence-corrected chi connectivity index (χ0v) is 17.7. The molecule has 136 valence electrons. The summed E-state index contributed by atoms with van der Waals surface area (Å²) in [5.41, 5.74) is 2.38. The maximum atomic E-state index is 12.3. The third-order valence-corrected chi connectivity index (χ3v) is 6.33. The van der Waals surface area contributed by atoms with Gasteiger partial charge >= 0.3 is 0 Å². The lowest BCUT2D eigenvalue weighted by Gasteiger charge is -2.18. The van der Waals surface area contributed by atoms with Crippen molar-refractivity contribution in [3.05, 3.63) is 50.3 Å². The van der Waals surface area contributed by atoms with E-state index >= 15 is 0 Å². The van der Waals surface area contributed by atoms with Gasteiger partial charge in [-0.05, 0) is 74.2 Å². The molecule has 0 radical (unpaired) electrons. The lowest BCUT2D eigenvalue weighted by atomic mass is 9.88. The minimum absolute atomic E-state index is 0.0292. The number of nitrogens with one attached hydrogen (secondary N) is 2. The monoisotopic (exact) mass is 450 g/mol. The molecule has 0 bridgehead atoms. The maximum absolute atomic E-state index is 12.3. The van der Waals surface area contributed by atoms with E-state index in [1.54, 1.807) is 42.5 Å². The molecule has 1 heterocycles. The second kappa shape index (κ2) is 7.98. The summed E-state index contributed by atoms with van der Waals surface area (Å²) in [4.78, 5) is 25.7. The van der Waals surface area contributed by atoms with Crippen LogP contribution < -0.4 is 10.6 Å². The Morgan fingerprint density at radius 3 is 2.62 bits per heavy atom. The topological polar surface area (TPSA) is 58.2 Å². The predicted octanol–water partition coefficient (Wildman–Crippen LogP) is 4.96. The minimum atomic E-state index is -0.283. The molecule has 3 rings (SSSR count). The van der Waals surface area contributed by atoms with Crippen LogP contribution in [0.3, 0.4) is 0 Å². The van der Waals surface area contributed by atoms with Crippen molar-refractivity contribution in [2.75, 3.05) is 5.32 Å². The van der Waals surface area contributed by atoms with Gasteiger partial charge in [0, 0.05) is 14.9 Å². The van der Waals surface area contributed by atoms with E-state index in [1.165, 1.54) is 4.88 Å². The quantitative estimate of drug-likeness (QED) is 0.512. The highest BCUT2D eigenvalue weighted by molar-refractivity contribution is 9.10. The van der Waals surface area contributed by atoms with Crippen molar-refractivity contribution >= 4 is 61.3 Å². The van der Waals surface area contributed by atoms with E-state index in [4.69, 9.17) is 12.2 Å². The minimum Gasteiger partial charge on any atom is -0.323 e. The summed E-state index contributed by atoms with van der Waals surface area (Å²) in [6.45, 7) is 3.81. The van der Waals surface area contributed by atoms with E-state index in [9.17, 15) is 9.59 Å². The Bertz CT molecular complexity index is 874. The van der Waals surface area contributed by atoms with E-state index < -0.39 is 0 Å². The Hall–Kier alpha value is -1.57. The summed E-state index contributed by atoms with van der Waals surface area (Å²) in [5.74, 6) is 0.369. The molecule has 0 saturated carbocycles. The molecule has 0 spiro atoms. The number of thiophene rings is 1. The highest BCUT2D eigenvalue weighted by Gasteiger charge is 2.26. The number of ketones is 1. The zero-order valence-electron chi connectivity index (χ0n) is 14.5. The van der Waals surface area contributed by atoms with Crippen LogP contribution >= 0.6 is 39.5 Å². The largest absolute Gasteiger partial charge is 0.323 e. The molecule has 26 heavy (non-hydrogen) atoms. The van der Waals surface area contributed by atoms with Crippen molar-refractivity contribution in [1.29, 1.82) is 0 Å². The van der Waals surface area contributed by atoms with Crippen LogP contribution in [0.4, 0.5) is 5.00 Å². The molecule has 2 N–H and O–H groups in total. The average molecular weight is 451 g/mol. The molecule has 1 aromatic carbocycles. The molecule has 4 nitrogen and oxygen atoms in total. The fourth-order valence-corrected chi connectivity index (χ4v) is 5.11. The third-order valence-electron chi connectivity index (χ3n) is 4.42. The number of anilines is 1. The van der Waals surface area contributed by atoms with Crippen LogP contribution in [0.5, 0.6) is 0 Å². The van der Waals surface area contributed by atoms with Gasteiger partial charge in [-0.25, -0.2) is 0 Å². The van der Waals surface area contributed by atoms with Gasteiger partial charge in [-0.1, -0.05) is 22.9 Å². The molecule has 0 fully saturated rings. The van der Waals surface area contributed by atoms with E-state index in [0.717, 1.165) is 39.9 Å². The highest BCUT2D eigenvalue weighted by Crippen LogP contribution is 2.39. The molecule has 7 heteroatoms. The first-order chi connectivity index (χ1) is 12.3. The SMILES string of the molecule is CC(=O)c1c(NC(=S)NC(=O)c2ccc(Br)cc2)sc2c1CCC(C)C2.